The van der Waals surface area contributed by atoms with Gasteiger partial charge in [0.1, 0.15) is 0 Å². The van der Waals surface area contributed by atoms with E-state index in [9.17, 15) is 18.0 Å². The highest BCUT2D eigenvalue weighted by Crippen LogP contribution is 2.31. The van der Waals surface area contributed by atoms with Crippen molar-refractivity contribution in [3.8, 4) is 0 Å². The van der Waals surface area contributed by atoms with E-state index in [1.54, 1.807) is 23.1 Å². The number of nitrogens with zero attached hydrogens (tertiary/aromatic N) is 2. The van der Waals surface area contributed by atoms with E-state index in [1.165, 1.54) is 0 Å². The second-order valence-corrected chi connectivity index (χ2v) is 11.0. The Bertz CT molecular complexity index is 1130. The number of fused-ring (bicyclic) bond motifs is 1. The largest absolute Gasteiger partial charge is 0.343 e. The van der Waals surface area contributed by atoms with Crippen LogP contribution in [0.2, 0.25) is 0 Å². The molecule has 7 nitrogen and oxygen atoms in total. The lowest BCUT2D eigenvalue weighted by atomic mass is 10.0. The summed E-state index contributed by atoms with van der Waals surface area (Å²) in [5, 5.41) is 0. The molecule has 2 aromatic carbocycles. The van der Waals surface area contributed by atoms with E-state index < -0.39 is 10.0 Å². The second kappa shape index (κ2) is 10.7. The van der Waals surface area contributed by atoms with E-state index in [2.05, 4.69) is 4.72 Å². The number of carbonyl (C=O) groups is 2. The number of hydrogen-bond acceptors (Lipinski definition) is 4. The Labute approximate surface area is 202 Å². The summed E-state index contributed by atoms with van der Waals surface area (Å²) < 4.78 is 28.5. The maximum atomic E-state index is 12.9. The van der Waals surface area contributed by atoms with Crippen molar-refractivity contribution >= 4 is 27.5 Å². The van der Waals surface area contributed by atoms with E-state index in [0.29, 0.717) is 19.5 Å². The van der Waals surface area contributed by atoms with Crippen LogP contribution >= 0.6 is 0 Å². The van der Waals surface area contributed by atoms with E-state index in [4.69, 9.17) is 0 Å². The minimum atomic E-state index is -3.66. The van der Waals surface area contributed by atoms with Crippen molar-refractivity contribution in [2.24, 2.45) is 0 Å². The molecule has 2 amide bonds. The molecule has 0 bridgehead atoms. The van der Waals surface area contributed by atoms with Crippen LogP contribution in [0.5, 0.6) is 0 Å². The van der Waals surface area contributed by atoms with Crippen LogP contribution in [-0.2, 0) is 26.0 Å². The van der Waals surface area contributed by atoms with Crippen LogP contribution in [-0.4, -0.2) is 51.3 Å². The van der Waals surface area contributed by atoms with Gasteiger partial charge >= 0.3 is 0 Å². The van der Waals surface area contributed by atoms with Gasteiger partial charge in [-0.1, -0.05) is 37.3 Å². The molecule has 0 unspecified atom stereocenters. The summed E-state index contributed by atoms with van der Waals surface area (Å²) in [6, 6.07) is 14.7. The summed E-state index contributed by atoms with van der Waals surface area (Å²) in [7, 11) is -3.66. The molecule has 8 heteroatoms. The predicted molar refractivity (Wildman–Crippen MR) is 132 cm³/mol. The van der Waals surface area contributed by atoms with Crippen molar-refractivity contribution in [3.63, 3.8) is 0 Å². The molecule has 1 saturated heterocycles. The number of piperidine rings is 1. The maximum absolute atomic E-state index is 12.9. The molecule has 1 N–H and O–H groups in total. The van der Waals surface area contributed by atoms with Gasteiger partial charge in [-0.25, -0.2) is 13.1 Å². The molecule has 2 heterocycles. The quantitative estimate of drug-likeness (QED) is 0.623. The minimum Gasteiger partial charge on any atom is -0.343 e. The predicted octanol–water partition coefficient (Wildman–Crippen LogP) is 3.45. The van der Waals surface area contributed by atoms with Crippen LogP contribution in [0.4, 0.5) is 5.69 Å². The zero-order valence-electron chi connectivity index (χ0n) is 19.7. The monoisotopic (exact) mass is 483 g/mol. The van der Waals surface area contributed by atoms with Gasteiger partial charge in [-0.05, 0) is 60.9 Å². The maximum Gasteiger partial charge on any atom is 0.240 e. The van der Waals surface area contributed by atoms with Crippen LogP contribution in [0, 0.1) is 0 Å². The summed E-state index contributed by atoms with van der Waals surface area (Å²) in [6.07, 6.45) is 4.22. The molecule has 2 aliphatic rings. The molecule has 1 fully saturated rings. The van der Waals surface area contributed by atoms with Gasteiger partial charge in [-0.15, -0.1) is 0 Å². The van der Waals surface area contributed by atoms with Gasteiger partial charge in [0.15, 0.2) is 0 Å². The molecule has 182 valence electrons. The number of nitrogens with one attached hydrogen (secondary N) is 1. The molecule has 0 saturated carbocycles. The Kier molecular flexibility index (Phi) is 7.68. The van der Waals surface area contributed by atoms with Gasteiger partial charge in [-0.2, -0.15) is 0 Å². The third-order valence-electron chi connectivity index (χ3n) is 6.77. The third-order valence-corrected chi connectivity index (χ3v) is 8.19. The summed E-state index contributed by atoms with van der Waals surface area (Å²) in [5.74, 6) is 0.00501. The first-order chi connectivity index (χ1) is 16.3. The number of amides is 2. The van der Waals surface area contributed by atoms with Crippen molar-refractivity contribution in [1.29, 1.82) is 0 Å². The Morgan fingerprint density at radius 1 is 0.941 bits per heavy atom. The zero-order chi connectivity index (χ0) is 24.1. The number of anilines is 1. The average Bonchev–Trinajstić information content (AvgIpc) is 3.30. The highest BCUT2D eigenvalue weighted by molar-refractivity contribution is 7.89. The zero-order valence-corrected chi connectivity index (χ0v) is 20.5. The second-order valence-electron chi connectivity index (χ2n) is 9.19. The standard InChI is InChI=1S/C26H33N3O4S/c1-20(21-8-4-2-5-9-21)19-27-34(32,33)23-10-11-24-22(18-23)14-17-29(24)26(31)13-12-25(30)28-15-6-3-7-16-28/h2,4-5,8-11,18,20,27H,3,6-7,12-17,19H2,1H3/t20-/m1/s1. The van der Waals surface area contributed by atoms with Crippen LogP contribution in [0.1, 0.15) is 56.1 Å². The first-order valence-corrected chi connectivity index (χ1v) is 13.6. The Hall–Kier alpha value is -2.71. The lowest BCUT2D eigenvalue weighted by molar-refractivity contribution is -0.133. The van der Waals surface area contributed by atoms with Gasteiger partial charge in [0.05, 0.1) is 4.90 Å². The normalized spacial score (nSPS) is 16.9. The first-order valence-electron chi connectivity index (χ1n) is 12.1. The van der Waals surface area contributed by atoms with E-state index >= 15 is 0 Å². The van der Waals surface area contributed by atoms with Gasteiger partial charge in [0.25, 0.3) is 0 Å². The van der Waals surface area contributed by atoms with Crippen molar-refractivity contribution in [1.82, 2.24) is 9.62 Å². The molecule has 0 aliphatic carbocycles. The van der Waals surface area contributed by atoms with Crippen molar-refractivity contribution in [2.45, 2.75) is 56.3 Å². The highest BCUT2D eigenvalue weighted by Gasteiger charge is 2.27. The minimum absolute atomic E-state index is 0.0460. The SMILES string of the molecule is C[C@H](CNS(=O)(=O)c1ccc2c(c1)CCN2C(=O)CCC(=O)N1CCCCC1)c1ccccc1. The summed E-state index contributed by atoms with van der Waals surface area (Å²) in [4.78, 5) is 29.0. The Morgan fingerprint density at radius 2 is 1.65 bits per heavy atom. The summed E-state index contributed by atoms with van der Waals surface area (Å²) in [6.45, 7) is 4.37. The number of hydrogen-bond donors (Lipinski definition) is 1. The molecule has 1 atom stereocenters. The van der Waals surface area contributed by atoms with E-state index in [0.717, 1.165) is 49.2 Å². The number of likely N-dealkylation sites (tertiary alicyclic amines) is 1. The van der Waals surface area contributed by atoms with E-state index in [-0.39, 0.29) is 35.5 Å². The fraction of sp³-hybridized carbons (Fsp3) is 0.462. The summed E-state index contributed by atoms with van der Waals surface area (Å²) in [5.41, 5.74) is 2.66. The fourth-order valence-electron chi connectivity index (χ4n) is 4.67. The van der Waals surface area contributed by atoms with Crippen molar-refractivity contribution in [2.75, 3.05) is 31.1 Å². The van der Waals surface area contributed by atoms with Crippen LogP contribution in [0.25, 0.3) is 0 Å². The number of benzene rings is 2. The van der Waals surface area contributed by atoms with Crippen LogP contribution < -0.4 is 9.62 Å². The average molecular weight is 484 g/mol. The molecule has 0 radical (unpaired) electrons. The van der Waals surface area contributed by atoms with Crippen LogP contribution in [0.15, 0.2) is 53.4 Å². The lowest BCUT2D eigenvalue weighted by Gasteiger charge is -2.27. The number of sulfonamides is 1. The topological polar surface area (TPSA) is 86.8 Å². The first kappa shape index (κ1) is 24.4. The summed E-state index contributed by atoms with van der Waals surface area (Å²) >= 11 is 0. The van der Waals surface area contributed by atoms with Gasteiger partial charge in [0.2, 0.25) is 21.8 Å². The fourth-order valence-corrected chi connectivity index (χ4v) is 5.85. The number of carbonyl (C=O) groups excluding carboxylic acids is 2. The number of rotatable bonds is 8. The lowest BCUT2D eigenvalue weighted by Crippen LogP contribution is -2.37. The van der Waals surface area contributed by atoms with Crippen LogP contribution in [0.3, 0.4) is 0 Å². The molecule has 0 aromatic heterocycles. The highest BCUT2D eigenvalue weighted by atomic mass is 32.2. The van der Waals surface area contributed by atoms with Gasteiger partial charge < -0.3 is 9.80 Å². The van der Waals surface area contributed by atoms with Gasteiger partial charge in [0, 0.05) is 44.7 Å². The third kappa shape index (κ3) is 5.67. The van der Waals surface area contributed by atoms with Crippen molar-refractivity contribution in [3.05, 3.63) is 59.7 Å². The molecular weight excluding hydrogens is 450 g/mol. The molecule has 2 aliphatic heterocycles. The smallest absolute Gasteiger partial charge is 0.240 e. The molecule has 0 spiro atoms. The van der Waals surface area contributed by atoms with Gasteiger partial charge in [-0.3, -0.25) is 9.59 Å². The molecule has 4 rings (SSSR count). The molecular formula is C26H33N3O4S. The Morgan fingerprint density at radius 3 is 2.38 bits per heavy atom. The van der Waals surface area contributed by atoms with E-state index in [1.807, 2.05) is 42.2 Å². The Balaban J connectivity index is 1.35. The molecule has 34 heavy (non-hydrogen) atoms. The van der Waals surface area contributed by atoms with Crippen molar-refractivity contribution < 1.29 is 18.0 Å². The molecule has 2 aromatic rings.